The summed E-state index contributed by atoms with van der Waals surface area (Å²) in [6.07, 6.45) is -0.198. The Kier molecular flexibility index (Phi) is 8.58. The maximum absolute atomic E-state index is 14.4. The van der Waals surface area contributed by atoms with Crippen molar-refractivity contribution in [1.82, 2.24) is 0 Å². The van der Waals surface area contributed by atoms with Crippen molar-refractivity contribution >= 4 is 12.0 Å². The highest BCUT2D eigenvalue weighted by molar-refractivity contribution is 5.93. The molecular formula is C22H23F3O4. The molecule has 0 heterocycles. The van der Waals surface area contributed by atoms with Crippen LogP contribution < -0.4 is 9.47 Å². The van der Waals surface area contributed by atoms with Gasteiger partial charge >= 0.3 is 12.1 Å². The molecule has 156 valence electrons. The molecule has 0 fully saturated rings. The predicted molar refractivity (Wildman–Crippen MR) is 104 cm³/mol. The summed E-state index contributed by atoms with van der Waals surface area (Å²) in [5, 5.41) is 9.20. The number of unbranched alkanes of at least 4 members (excludes halogenated alkanes) is 3. The van der Waals surface area contributed by atoms with E-state index in [0.29, 0.717) is 24.3 Å². The third kappa shape index (κ3) is 7.52. The van der Waals surface area contributed by atoms with Crippen LogP contribution in [0.4, 0.5) is 13.2 Å². The summed E-state index contributed by atoms with van der Waals surface area (Å²) in [5.74, 6) is -1.48. The Bertz CT molecular complexity index is 789. The number of aliphatic carboxylic acids is 1. The number of carbonyl (C=O) groups is 1. The molecule has 7 heteroatoms. The van der Waals surface area contributed by atoms with E-state index in [2.05, 4.69) is 4.74 Å². The van der Waals surface area contributed by atoms with E-state index in [0.717, 1.165) is 25.3 Å². The molecule has 2 rings (SSSR count). The first-order valence-electron chi connectivity index (χ1n) is 9.28. The molecule has 0 aliphatic carbocycles. The summed E-state index contributed by atoms with van der Waals surface area (Å²) < 4.78 is 51.0. The molecule has 2 aromatic carbocycles. The molecule has 1 N–H and O–H groups in total. The van der Waals surface area contributed by atoms with Crippen molar-refractivity contribution < 1.29 is 32.5 Å². The van der Waals surface area contributed by atoms with E-state index in [1.807, 2.05) is 0 Å². The van der Waals surface area contributed by atoms with Crippen molar-refractivity contribution in [2.75, 3.05) is 13.3 Å². The minimum atomic E-state index is -4.03. The lowest BCUT2D eigenvalue weighted by molar-refractivity contribution is -0.160. The van der Waals surface area contributed by atoms with Crippen LogP contribution in [0.3, 0.4) is 0 Å². The number of alkyl halides is 3. The van der Waals surface area contributed by atoms with E-state index in [4.69, 9.17) is 4.74 Å². The van der Waals surface area contributed by atoms with Gasteiger partial charge in [-0.3, -0.25) is 4.39 Å². The molecule has 0 radical (unpaired) electrons. The van der Waals surface area contributed by atoms with Gasteiger partial charge in [-0.05, 0) is 55.2 Å². The molecule has 2 aromatic rings. The maximum Gasteiger partial charge on any atom is 0.433 e. The van der Waals surface area contributed by atoms with Gasteiger partial charge in [0.15, 0.2) is 0 Å². The predicted octanol–water partition coefficient (Wildman–Crippen LogP) is 5.74. The van der Waals surface area contributed by atoms with Crippen LogP contribution in [0.15, 0.2) is 60.2 Å². The second-order valence-corrected chi connectivity index (χ2v) is 6.32. The van der Waals surface area contributed by atoms with Crippen LogP contribution in [0.1, 0.15) is 31.2 Å². The lowest BCUT2D eigenvalue weighted by atomic mass is 10.1. The van der Waals surface area contributed by atoms with E-state index in [-0.39, 0.29) is 12.4 Å². The Morgan fingerprint density at radius 3 is 2.17 bits per heavy atom. The Labute approximate surface area is 167 Å². The minimum Gasteiger partial charge on any atom is -0.494 e. The van der Waals surface area contributed by atoms with Crippen molar-refractivity contribution in [1.29, 1.82) is 0 Å². The Morgan fingerprint density at radius 1 is 0.931 bits per heavy atom. The largest absolute Gasteiger partial charge is 0.494 e. The molecule has 0 aliphatic rings. The number of rotatable bonds is 12. The third-order valence-electron chi connectivity index (χ3n) is 4.02. The van der Waals surface area contributed by atoms with Gasteiger partial charge in [-0.25, -0.2) is 4.79 Å². The SMILES string of the molecule is O=C(O)/C(=C/c1ccccc1)C(F)(F)Oc1ccc(OCCCCCCF)cc1. The van der Waals surface area contributed by atoms with Gasteiger partial charge in [-0.2, -0.15) is 8.78 Å². The van der Waals surface area contributed by atoms with Crippen LogP contribution >= 0.6 is 0 Å². The fourth-order valence-electron chi connectivity index (χ4n) is 2.53. The van der Waals surface area contributed by atoms with Crippen molar-refractivity contribution in [3.05, 3.63) is 65.7 Å². The first kappa shape index (κ1) is 22.3. The lowest BCUT2D eigenvalue weighted by Crippen LogP contribution is -2.31. The molecule has 0 saturated heterocycles. The van der Waals surface area contributed by atoms with E-state index in [9.17, 15) is 23.1 Å². The highest BCUT2D eigenvalue weighted by Crippen LogP contribution is 2.31. The topological polar surface area (TPSA) is 55.8 Å². The van der Waals surface area contributed by atoms with Gasteiger partial charge in [0.2, 0.25) is 0 Å². The Hall–Kier alpha value is -2.96. The first-order valence-corrected chi connectivity index (χ1v) is 9.28. The molecule has 0 saturated carbocycles. The standard InChI is InChI=1S/C22H23F3O4/c23-14-6-1-2-7-15-28-18-10-12-19(13-11-18)29-22(24,25)20(21(26)27)16-17-8-4-3-5-9-17/h3-5,8-13,16H,1-2,6-7,14-15H2,(H,26,27)/b20-16-. The Morgan fingerprint density at radius 2 is 1.55 bits per heavy atom. The molecule has 0 aromatic heterocycles. The molecule has 29 heavy (non-hydrogen) atoms. The summed E-state index contributed by atoms with van der Waals surface area (Å²) in [7, 11) is 0. The van der Waals surface area contributed by atoms with Crippen LogP contribution in [0.5, 0.6) is 11.5 Å². The third-order valence-corrected chi connectivity index (χ3v) is 4.02. The average molecular weight is 408 g/mol. The molecule has 0 spiro atoms. The van der Waals surface area contributed by atoms with E-state index < -0.39 is 17.7 Å². The van der Waals surface area contributed by atoms with Crippen LogP contribution in [0.25, 0.3) is 6.08 Å². The summed E-state index contributed by atoms with van der Waals surface area (Å²) >= 11 is 0. The zero-order valence-electron chi connectivity index (χ0n) is 15.8. The van der Waals surface area contributed by atoms with Gasteiger partial charge in [0.25, 0.3) is 0 Å². The second kappa shape index (κ2) is 11.1. The highest BCUT2D eigenvalue weighted by Gasteiger charge is 2.42. The fraction of sp³-hybridized carbons (Fsp3) is 0.318. The van der Waals surface area contributed by atoms with Crippen molar-refractivity contribution in [2.24, 2.45) is 0 Å². The highest BCUT2D eigenvalue weighted by atomic mass is 19.3. The monoisotopic (exact) mass is 408 g/mol. The van der Waals surface area contributed by atoms with Gasteiger partial charge in [0, 0.05) is 0 Å². The summed E-state index contributed by atoms with van der Waals surface area (Å²) in [6.45, 7) is 0.114. The smallest absolute Gasteiger partial charge is 0.433 e. The number of hydrogen-bond donors (Lipinski definition) is 1. The zero-order chi connectivity index (χ0) is 21.1. The number of halogens is 3. The number of benzene rings is 2. The molecule has 0 bridgehead atoms. The van der Waals surface area contributed by atoms with Crippen LogP contribution in [0, 0.1) is 0 Å². The normalized spacial score (nSPS) is 11.9. The van der Waals surface area contributed by atoms with Gasteiger partial charge in [0.1, 0.15) is 17.1 Å². The fourth-order valence-corrected chi connectivity index (χ4v) is 2.53. The van der Waals surface area contributed by atoms with Crippen molar-refractivity contribution in [3.63, 3.8) is 0 Å². The molecule has 0 atom stereocenters. The average Bonchev–Trinajstić information content (AvgIpc) is 2.70. The number of hydrogen-bond acceptors (Lipinski definition) is 3. The number of carboxylic acid groups (broad SMARTS) is 1. The van der Waals surface area contributed by atoms with E-state index in [1.165, 1.54) is 36.4 Å². The van der Waals surface area contributed by atoms with Crippen LogP contribution in [0.2, 0.25) is 0 Å². The zero-order valence-corrected chi connectivity index (χ0v) is 15.8. The number of ether oxygens (including phenoxy) is 2. The van der Waals surface area contributed by atoms with Gasteiger partial charge in [-0.1, -0.05) is 36.8 Å². The summed E-state index contributed by atoms with van der Waals surface area (Å²) in [6, 6.07) is 13.5. The molecule has 4 nitrogen and oxygen atoms in total. The molecular weight excluding hydrogens is 385 g/mol. The maximum atomic E-state index is 14.4. The van der Waals surface area contributed by atoms with E-state index in [1.54, 1.807) is 18.2 Å². The Balaban J connectivity index is 1.98. The quantitative estimate of drug-likeness (QED) is 0.360. The van der Waals surface area contributed by atoms with Crippen molar-refractivity contribution in [3.8, 4) is 11.5 Å². The van der Waals surface area contributed by atoms with E-state index >= 15 is 0 Å². The second-order valence-electron chi connectivity index (χ2n) is 6.32. The lowest BCUT2D eigenvalue weighted by Gasteiger charge is -2.19. The summed E-state index contributed by atoms with van der Waals surface area (Å²) in [5.41, 5.74) is -0.847. The van der Waals surface area contributed by atoms with Crippen LogP contribution in [-0.2, 0) is 4.79 Å². The number of carboxylic acids is 1. The molecule has 0 aliphatic heterocycles. The van der Waals surface area contributed by atoms with Crippen molar-refractivity contribution in [2.45, 2.75) is 31.8 Å². The molecule has 0 amide bonds. The summed E-state index contributed by atoms with van der Waals surface area (Å²) in [4.78, 5) is 11.3. The first-order chi connectivity index (χ1) is 13.9. The van der Waals surface area contributed by atoms with Gasteiger partial charge < -0.3 is 14.6 Å². The van der Waals surface area contributed by atoms with Gasteiger partial charge in [0.05, 0.1) is 13.3 Å². The van der Waals surface area contributed by atoms with Gasteiger partial charge in [-0.15, -0.1) is 0 Å². The van der Waals surface area contributed by atoms with Crippen LogP contribution in [-0.4, -0.2) is 30.5 Å². The minimum absolute atomic E-state index is 0.189. The molecule has 0 unspecified atom stereocenters.